The first-order chi connectivity index (χ1) is 14.4. The topological polar surface area (TPSA) is 86.8 Å². The Balaban J connectivity index is 1.53. The third-order valence-corrected chi connectivity index (χ3v) is 7.12. The molecule has 1 heterocycles. The largest absolute Gasteiger partial charge is 0.347 e. The summed E-state index contributed by atoms with van der Waals surface area (Å²) in [6, 6.07) is 17.8. The van der Waals surface area contributed by atoms with E-state index >= 15 is 0 Å². The molecule has 7 nitrogen and oxygen atoms in total. The SMILES string of the molecule is CN(Cc1ccccc1)C(=O)CNC(=O)[C@H]1CCCN(S(=O)(=O)c2ccccc2)C1. The number of hydrogen-bond donors (Lipinski definition) is 1. The molecule has 0 aromatic heterocycles. The van der Waals surface area contributed by atoms with Crippen molar-refractivity contribution in [2.24, 2.45) is 5.92 Å². The summed E-state index contributed by atoms with van der Waals surface area (Å²) in [5.74, 6) is -0.953. The summed E-state index contributed by atoms with van der Waals surface area (Å²) in [6.45, 7) is 0.864. The average molecular weight is 430 g/mol. The van der Waals surface area contributed by atoms with Crippen LogP contribution in [0.1, 0.15) is 18.4 Å². The number of sulfonamides is 1. The van der Waals surface area contributed by atoms with Crippen LogP contribution in [0.25, 0.3) is 0 Å². The second-order valence-electron chi connectivity index (χ2n) is 7.47. The highest BCUT2D eigenvalue weighted by molar-refractivity contribution is 7.89. The average Bonchev–Trinajstić information content (AvgIpc) is 2.78. The van der Waals surface area contributed by atoms with E-state index in [0.717, 1.165) is 5.56 Å². The van der Waals surface area contributed by atoms with E-state index in [4.69, 9.17) is 0 Å². The van der Waals surface area contributed by atoms with E-state index in [1.165, 1.54) is 4.31 Å². The highest BCUT2D eigenvalue weighted by Crippen LogP contribution is 2.23. The van der Waals surface area contributed by atoms with Crippen molar-refractivity contribution in [2.45, 2.75) is 24.3 Å². The minimum Gasteiger partial charge on any atom is -0.347 e. The first-order valence-electron chi connectivity index (χ1n) is 9.98. The minimum atomic E-state index is -3.63. The number of hydrogen-bond acceptors (Lipinski definition) is 4. The molecule has 0 saturated carbocycles. The number of likely N-dealkylation sites (N-methyl/N-ethyl adjacent to an activating group) is 1. The molecule has 0 unspecified atom stereocenters. The fraction of sp³-hybridized carbons (Fsp3) is 0.364. The number of nitrogens with one attached hydrogen (secondary N) is 1. The van der Waals surface area contributed by atoms with E-state index in [1.807, 2.05) is 30.3 Å². The summed E-state index contributed by atoms with van der Waals surface area (Å²) in [5.41, 5.74) is 1.01. The molecule has 1 N–H and O–H groups in total. The van der Waals surface area contributed by atoms with Crippen molar-refractivity contribution in [1.82, 2.24) is 14.5 Å². The third kappa shape index (κ3) is 5.46. The summed E-state index contributed by atoms with van der Waals surface area (Å²) in [6.07, 6.45) is 1.20. The van der Waals surface area contributed by atoms with Crippen LogP contribution in [-0.2, 0) is 26.2 Å². The molecule has 1 aliphatic rings. The molecule has 2 amide bonds. The van der Waals surface area contributed by atoms with Gasteiger partial charge in [0.2, 0.25) is 21.8 Å². The zero-order chi connectivity index (χ0) is 21.6. The van der Waals surface area contributed by atoms with Gasteiger partial charge in [0.25, 0.3) is 0 Å². The Kier molecular flexibility index (Phi) is 7.23. The molecular weight excluding hydrogens is 402 g/mol. The van der Waals surface area contributed by atoms with Crippen molar-refractivity contribution in [2.75, 3.05) is 26.7 Å². The van der Waals surface area contributed by atoms with Crippen LogP contribution in [0.5, 0.6) is 0 Å². The van der Waals surface area contributed by atoms with Gasteiger partial charge in [0.15, 0.2) is 0 Å². The summed E-state index contributed by atoms with van der Waals surface area (Å²) in [7, 11) is -1.94. The Morgan fingerprint density at radius 3 is 2.37 bits per heavy atom. The predicted molar refractivity (Wildman–Crippen MR) is 114 cm³/mol. The van der Waals surface area contributed by atoms with Gasteiger partial charge in [-0.3, -0.25) is 9.59 Å². The molecule has 0 radical (unpaired) electrons. The maximum Gasteiger partial charge on any atom is 0.243 e. The number of carbonyl (C=O) groups is 2. The van der Waals surface area contributed by atoms with Crippen LogP contribution in [0.4, 0.5) is 0 Å². The number of benzene rings is 2. The van der Waals surface area contributed by atoms with Gasteiger partial charge in [-0.2, -0.15) is 4.31 Å². The smallest absolute Gasteiger partial charge is 0.243 e. The van der Waals surface area contributed by atoms with Crippen molar-refractivity contribution in [3.05, 3.63) is 66.2 Å². The van der Waals surface area contributed by atoms with Crippen LogP contribution in [0.15, 0.2) is 65.6 Å². The van der Waals surface area contributed by atoms with E-state index in [2.05, 4.69) is 5.32 Å². The Bertz CT molecular complexity index is 964. The van der Waals surface area contributed by atoms with Crippen molar-refractivity contribution < 1.29 is 18.0 Å². The molecule has 0 bridgehead atoms. The van der Waals surface area contributed by atoms with Crippen LogP contribution in [0, 0.1) is 5.92 Å². The molecular formula is C22H27N3O4S. The predicted octanol–water partition coefficient (Wildman–Crippen LogP) is 1.86. The minimum absolute atomic E-state index is 0.107. The van der Waals surface area contributed by atoms with E-state index in [0.29, 0.717) is 25.9 Å². The second kappa shape index (κ2) is 9.86. The van der Waals surface area contributed by atoms with Crippen LogP contribution in [-0.4, -0.2) is 56.1 Å². The molecule has 160 valence electrons. The highest BCUT2D eigenvalue weighted by Gasteiger charge is 2.33. The molecule has 0 spiro atoms. The lowest BCUT2D eigenvalue weighted by Gasteiger charge is -2.31. The van der Waals surface area contributed by atoms with Gasteiger partial charge in [0.05, 0.1) is 17.4 Å². The monoisotopic (exact) mass is 429 g/mol. The summed E-state index contributed by atoms with van der Waals surface area (Å²) < 4.78 is 27.0. The maximum absolute atomic E-state index is 12.8. The first-order valence-corrected chi connectivity index (χ1v) is 11.4. The summed E-state index contributed by atoms with van der Waals surface area (Å²) in [4.78, 5) is 26.7. The quantitative estimate of drug-likeness (QED) is 0.728. The zero-order valence-corrected chi connectivity index (χ0v) is 17.8. The van der Waals surface area contributed by atoms with Crippen LogP contribution in [0.2, 0.25) is 0 Å². The Morgan fingerprint density at radius 2 is 1.70 bits per heavy atom. The maximum atomic E-state index is 12.8. The van der Waals surface area contributed by atoms with Gasteiger partial charge in [0, 0.05) is 26.7 Å². The van der Waals surface area contributed by atoms with Gasteiger partial charge in [-0.05, 0) is 30.5 Å². The lowest BCUT2D eigenvalue weighted by Crippen LogP contribution is -2.47. The van der Waals surface area contributed by atoms with Crippen molar-refractivity contribution in [3.8, 4) is 0 Å². The number of carbonyl (C=O) groups excluding carboxylic acids is 2. The lowest BCUT2D eigenvalue weighted by molar-refractivity contribution is -0.133. The van der Waals surface area contributed by atoms with Gasteiger partial charge in [-0.25, -0.2) is 8.42 Å². The van der Waals surface area contributed by atoms with Crippen molar-refractivity contribution >= 4 is 21.8 Å². The lowest BCUT2D eigenvalue weighted by atomic mass is 9.99. The van der Waals surface area contributed by atoms with Crippen LogP contribution >= 0.6 is 0 Å². The van der Waals surface area contributed by atoms with E-state index in [9.17, 15) is 18.0 Å². The number of rotatable bonds is 7. The van der Waals surface area contributed by atoms with Gasteiger partial charge < -0.3 is 10.2 Å². The molecule has 1 saturated heterocycles. The highest BCUT2D eigenvalue weighted by atomic mass is 32.2. The van der Waals surface area contributed by atoms with Gasteiger partial charge in [-0.15, -0.1) is 0 Å². The molecule has 1 fully saturated rings. The molecule has 2 aromatic rings. The number of piperidine rings is 1. The first kappa shape index (κ1) is 22.0. The summed E-state index contributed by atoms with van der Waals surface area (Å²) >= 11 is 0. The van der Waals surface area contributed by atoms with Gasteiger partial charge in [0.1, 0.15) is 0 Å². The molecule has 3 rings (SSSR count). The standard InChI is InChI=1S/C22H27N3O4S/c1-24(16-18-9-4-2-5-10-18)21(26)15-23-22(27)19-11-8-14-25(17-19)30(28,29)20-12-6-3-7-13-20/h2-7,9-10,12-13,19H,8,11,14-17H2,1H3,(H,23,27)/t19-/m0/s1. The van der Waals surface area contributed by atoms with Crippen LogP contribution in [0.3, 0.4) is 0 Å². The van der Waals surface area contributed by atoms with Gasteiger partial charge >= 0.3 is 0 Å². The Hall–Kier alpha value is -2.71. The molecule has 0 aliphatic carbocycles. The van der Waals surface area contributed by atoms with Crippen LogP contribution < -0.4 is 5.32 Å². The third-order valence-electron chi connectivity index (χ3n) is 5.24. The Labute approximate surface area is 177 Å². The second-order valence-corrected chi connectivity index (χ2v) is 9.41. The zero-order valence-electron chi connectivity index (χ0n) is 17.0. The van der Waals surface area contributed by atoms with E-state index in [-0.39, 0.29) is 29.8 Å². The number of nitrogens with zero attached hydrogens (tertiary/aromatic N) is 2. The normalized spacial score (nSPS) is 17.3. The van der Waals surface area contributed by atoms with E-state index in [1.54, 1.807) is 42.3 Å². The fourth-order valence-electron chi connectivity index (χ4n) is 3.50. The van der Waals surface area contributed by atoms with Gasteiger partial charge in [-0.1, -0.05) is 48.5 Å². The van der Waals surface area contributed by atoms with E-state index < -0.39 is 15.9 Å². The molecule has 8 heteroatoms. The molecule has 1 aliphatic heterocycles. The summed E-state index contributed by atoms with van der Waals surface area (Å²) in [5, 5.41) is 2.68. The van der Waals surface area contributed by atoms with Crippen molar-refractivity contribution in [3.63, 3.8) is 0 Å². The number of amides is 2. The molecule has 2 aromatic carbocycles. The Morgan fingerprint density at radius 1 is 1.07 bits per heavy atom. The fourth-order valence-corrected chi connectivity index (χ4v) is 5.05. The molecule has 30 heavy (non-hydrogen) atoms. The van der Waals surface area contributed by atoms with Crippen molar-refractivity contribution in [1.29, 1.82) is 0 Å². The molecule has 1 atom stereocenters.